The second-order valence-electron chi connectivity index (χ2n) is 6.79. The Labute approximate surface area is 135 Å². The Morgan fingerprint density at radius 3 is 2.87 bits per heavy atom. The van der Waals surface area contributed by atoms with E-state index in [2.05, 4.69) is 10.4 Å². The van der Waals surface area contributed by atoms with Gasteiger partial charge in [-0.2, -0.15) is 5.10 Å². The Balaban J connectivity index is 1.87. The third-order valence-electron chi connectivity index (χ3n) is 3.79. The third-order valence-corrected chi connectivity index (χ3v) is 3.79. The zero-order valence-electron chi connectivity index (χ0n) is 13.8. The van der Waals surface area contributed by atoms with E-state index >= 15 is 0 Å². The number of carbonyl (C=O) groups excluding carboxylic acids is 2. The monoisotopic (exact) mass is 318 g/mol. The van der Waals surface area contributed by atoms with Crippen LogP contribution in [0, 0.1) is 0 Å². The summed E-state index contributed by atoms with van der Waals surface area (Å²) in [7, 11) is 0. The van der Waals surface area contributed by atoms with Gasteiger partial charge in [0.15, 0.2) is 0 Å². The van der Waals surface area contributed by atoms with E-state index in [1.54, 1.807) is 9.58 Å². The Bertz CT molecular complexity index is 670. The molecule has 0 aromatic carbocycles. The number of hydrogen-bond donors (Lipinski definition) is 1. The van der Waals surface area contributed by atoms with Gasteiger partial charge in [0.05, 0.1) is 18.8 Å². The number of allylic oxidation sites excluding steroid dienone is 1. The van der Waals surface area contributed by atoms with E-state index in [1.807, 2.05) is 32.9 Å². The standard InChI is InChI=1S/C16H22N4O3/c1-16(2,3)23-15(22)19-9-6-12-11(10-19)13-14(21)17-7-4-5-8-20(13)18-12/h4-5H,6-10H2,1-3H3,(H,17,21)/b5-4-. The highest BCUT2D eigenvalue weighted by atomic mass is 16.6. The molecular weight excluding hydrogens is 296 g/mol. The number of nitrogens with zero attached hydrogens (tertiary/aromatic N) is 3. The quantitative estimate of drug-likeness (QED) is 0.735. The van der Waals surface area contributed by atoms with Crippen LogP contribution in [0.15, 0.2) is 12.2 Å². The third kappa shape index (κ3) is 3.23. The maximum atomic E-state index is 12.4. The molecule has 0 radical (unpaired) electrons. The molecule has 0 atom stereocenters. The first-order chi connectivity index (χ1) is 10.8. The van der Waals surface area contributed by atoms with Crippen molar-refractivity contribution in [1.82, 2.24) is 20.0 Å². The molecule has 2 amide bonds. The Hall–Kier alpha value is -2.31. The maximum Gasteiger partial charge on any atom is 0.410 e. The van der Waals surface area contributed by atoms with Gasteiger partial charge < -0.3 is 15.0 Å². The van der Waals surface area contributed by atoms with Gasteiger partial charge in [0.2, 0.25) is 0 Å². The van der Waals surface area contributed by atoms with Crippen molar-refractivity contribution in [2.75, 3.05) is 13.1 Å². The lowest BCUT2D eigenvalue weighted by Crippen LogP contribution is -2.40. The van der Waals surface area contributed by atoms with Gasteiger partial charge in [-0.1, -0.05) is 12.2 Å². The lowest BCUT2D eigenvalue weighted by Gasteiger charge is -2.29. The van der Waals surface area contributed by atoms with Gasteiger partial charge in [0.1, 0.15) is 11.3 Å². The summed E-state index contributed by atoms with van der Waals surface area (Å²) in [5.74, 6) is -0.144. The predicted octanol–water partition coefficient (Wildman–Crippen LogP) is 1.48. The number of ether oxygens (including phenoxy) is 1. The fraction of sp³-hybridized carbons (Fsp3) is 0.562. The van der Waals surface area contributed by atoms with Crippen molar-refractivity contribution < 1.29 is 14.3 Å². The van der Waals surface area contributed by atoms with E-state index in [1.165, 1.54) is 0 Å². The highest BCUT2D eigenvalue weighted by Gasteiger charge is 2.32. The van der Waals surface area contributed by atoms with Crippen LogP contribution in [0.4, 0.5) is 4.79 Å². The molecule has 7 heteroatoms. The SMILES string of the molecule is CC(C)(C)OC(=O)N1CCc2nn3c(c2C1)C(=O)NC/C=C\C3. The van der Waals surface area contributed by atoms with Crippen molar-refractivity contribution in [3.63, 3.8) is 0 Å². The first-order valence-corrected chi connectivity index (χ1v) is 7.85. The van der Waals surface area contributed by atoms with Crippen molar-refractivity contribution >= 4 is 12.0 Å². The number of aromatic nitrogens is 2. The topological polar surface area (TPSA) is 76.5 Å². The van der Waals surface area contributed by atoms with Crippen molar-refractivity contribution in [2.24, 2.45) is 0 Å². The van der Waals surface area contributed by atoms with Gasteiger partial charge >= 0.3 is 6.09 Å². The molecule has 1 aromatic rings. The van der Waals surface area contributed by atoms with Gasteiger partial charge in [-0.3, -0.25) is 9.48 Å². The number of carbonyl (C=O) groups is 2. The number of rotatable bonds is 0. The minimum atomic E-state index is -0.534. The minimum Gasteiger partial charge on any atom is -0.444 e. The van der Waals surface area contributed by atoms with Gasteiger partial charge in [-0.25, -0.2) is 4.79 Å². The van der Waals surface area contributed by atoms with E-state index in [4.69, 9.17) is 4.74 Å². The van der Waals surface area contributed by atoms with E-state index in [9.17, 15) is 9.59 Å². The first-order valence-electron chi connectivity index (χ1n) is 7.85. The van der Waals surface area contributed by atoms with Crippen molar-refractivity contribution in [2.45, 2.75) is 45.9 Å². The van der Waals surface area contributed by atoms with Gasteiger partial charge in [0, 0.05) is 25.1 Å². The second-order valence-corrected chi connectivity index (χ2v) is 6.79. The molecule has 0 spiro atoms. The molecule has 3 rings (SSSR count). The summed E-state index contributed by atoms with van der Waals surface area (Å²) >= 11 is 0. The fourth-order valence-corrected chi connectivity index (χ4v) is 2.79. The van der Waals surface area contributed by atoms with Crippen LogP contribution in [-0.4, -0.2) is 45.4 Å². The lowest BCUT2D eigenvalue weighted by molar-refractivity contribution is 0.0222. The molecule has 0 saturated carbocycles. The van der Waals surface area contributed by atoms with Crippen molar-refractivity contribution in [3.05, 3.63) is 29.1 Å². The average molecular weight is 318 g/mol. The Morgan fingerprint density at radius 1 is 1.35 bits per heavy atom. The Kier molecular flexibility index (Phi) is 3.87. The van der Waals surface area contributed by atoms with Crippen LogP contribution in [0.25, 0.3) is 0 Å². The van der Waals surface area contributed by atoms with Crippen LogP contribution in [0.2, 0.25) is 0 Å². The molecule has 23 heavy (non-hydrogen) atoms. The summed E-state index contributed by atoms with van der Waals surface area (Å²) in [5.41, 5.74) is 1.74. The summed E-state index contributed by atoms with van der Waals surface area (Å²) in [4.78, 5) is 26.3. The zero-order valence-corrected chi connectivity index (χ0v) is 13.8. The highest BCUT2D eigenvalue weighted by molar-refractivity contribution is 5.94. The van der Waals surface area contributed by atoms with Gasteiger partial charge in [0.25, 0.3) is 5.91 Å². The summed E-state index contributed by atoms with van der Waals surface area (Å²) in [6.45, 7) is 7.52. The molecule has 2 aliphatic heterocycles. The molecule has 0 saturated heterocycles. The molecule has 0 bridgehead atoms. The fourth-order valence-electron chi connectivity index (χ4n) is 2.79. The average Bonchev–Trinajstić information content (AvgIpc) is 2.79. The first kappa shape index (κ1) is 15.6. The van der Waals surface area contributed by atoms with Crippen LogP contribution in [-0.2, 0) is 24.2 Å². The Morgan fingerprint density at radius 2 is 2.13 bits per heavy atom. The molecule has 1 aromatic heterocycles. The molecular formula is C16H22N4O3. The molecule has 3 heterocycles. The number of nitrogens with one attached hydrogen (secondary N) is 1. The molecule has 7 nitrogen and oxygen atoms in total. The summed E-state index contributed by atoms with van der Waals surface area (Å²) < 4.78 is 7.15. The molecule has 1 N–H and O–H groups in total. The van der Waals surface area contributed by atoms with E-state index in [0.717, 1.165) is 11.3 Å². The second kappa shape index (κ2) is 5.72. The molecule has 124 valence electrons. The van der Waals surface area contributed by atoms with Crippen LogP contribution >= 0.6 is 0 Å². The smallest absolute Gasteiger partial charge is 0.410 e. The van der Waals surface area contributed by atoms with E-state index in [0.29, 0.717) is 38.3 Å². The molecule has 0 aliphatic carbocycles. The van der Waals surface area contributed by atoms with Crippen LogP contribution in [0.5, 0.6) is 0 Å². The van der Waals surface area contributed by atoms with Crippen LogP contribution in [0.3, 0.4) is 0 Å². The largest absolute Gasteiger partial charge is 0.444 e. The van der Waals surface area contributed by atoms with Gasteiger partial charge in [-0.05, 0) is 20.8 Å². The lowest BCUT2D eigenvalue weighted by atomic mass is 10.0. The van der Waals surface area contributed by atoms with Crippen molar-refractivity contribution in [1.29, 1.82) is 0 Å². The number of hydrogen-bond acceptors (Lipinski definition) is 4. The normalized spacial score (nSPS) is 19.1. The zero-order chi connectivity index (χ0) is 16.6. The van der Waals surface area contributed by atoms with Crippen LogP contribution < -0.4 is 5.32 Å². The highest BCUT2D eigenvalue weighted by Crippen LogP contribution is 2.24. The molecule has 0 fully saturated rings. The number of amides is 2. The van der Waals surface area contributed by atoms with Crippen molar-refractivity contribution in [3.8, 4) is 0 Å². The predicted molar refractivity (Wildman–Crippen MR) is 84.0 cm³/mol. The summed E-state index contributed by atoms with van der Waals surface area (Å²) in [5, 5.41) is 7.38. The summed E-state index contributed by atoms with van der Waals surface area (Å²) in [6, 6.07) is 0. The number of fused-ring (bicyclic) bond motifs is 3. The minimum absolute atomic E-state index is 0.144. The summed E-state index contributed by atoms with van der Waals surface area (Å²) in [6.07, 6.45) is 4.17. The van der Waals surface area contributed by atoms with E-state index in [-0.39, 0.29) is 12.0 Å². The molecule has 0 unspecified atom stereocenters. The molecule has 2 aliphatic rings. The van der Waals surface area contributed by atoms with E-state index < -0.39 is 5.60 Å². The van der Waals surface area contributed by atoms with Crippen LogP contribution in [0.1, 0.15) is 42.5 Å². The maximum absolute atomic E-state index is 12.4. The van der Waals surface area contributed by atoms with Gasteiger partial charge in [-0.15, -0.1) is 0 Å².